The monoisotopic (exact) mass is 484 g/mol. The largest absolute Gasteiger partial charge is 0.486 e. The Morgan fingerprint density at radius 1 is 1.07 bits per heavy atom. The van der Waals surface area contributed by atoms with Crippen molar-refractivity contribution >= 4 is 55.7 Å². The molecular weight excluding hydrogens is 467 g/mol. The van der Waals surface area contributed by atoms with E-state index < -0.39 is 9.84 Å². The van der Waals surface area contributed by atoms with E-state index in [0.29, 0.717) is 40.5 Å². The van der Waals surface area contributed by atoms with Gasteiger partial charge in [0.05, 0.1) is 23.6 Å². The summed E-state index contributed by atoms with van der Waals surface area (Å²) in [7, 11) is -3.12. The van der Waals surface area contributed by atoms with Gasteiger partial charge in [0.1, 0.15) is 13.2 Å². The second-order valence-corrected chi connectivity index (χ2v) is 11.2. The van der Waals surface area contributed by atoms with E-state index in [0.717, 1.165) is 16.4 Å². The number of hydrogen-bond acceptors (Lipinski definition) is 7. The van der Waals surface area contributed by atoms with E-state index in [1.54, 1.807) is 12.1 Å². The Morgan fingerprint density at radius 3 is 2.57 bits per heavy atom. The number of nitrogens with zero attached hydrogens (tertiary/aromatic N) is 2. The molecule has 0 aliphatic carbocycles. The molecule has 3 heterocycles. The maximum absolute atomic E-state index is 12.2. The van der Waals surface area contributed by atoms with Crippen LogP contribution in [0, 0.1) is 0 Å². The highest BCUT2D eigenvalue weighted by atomic mass is 35.5. The van der Waals surface area contributed by atoms with Crippen molar-refractivity contribution in [3.05, 3.63) is 52.0 Å². The highest BCUT2D eigenvalue weighted by Crippen LogP contribution is 2.41. The van der Waals surface area contributed by atoms with Gasteiger partial charge < -0.3 is 14.4 Å². The number of thioether (sulfide) groups is 1. The van der Waals surface area contributed by atoms with Crippen LogP contribution in [0.4, 0.5) is 5.69 Å². The summed E-state index contributed by atoms with van der Waals surface area (Å²) >= 11 is 14.1. The van der Waals surface area contributed by atoms with Gasteiger partial charge in [-0.25, -0.2) is 8.42 Å². The molecule has 0 saturated carbocycles. The van der Waals surface area contributed by atoms with Crippen molar-refractivity contribution in [3.63, 3.8) is 0 Å². The first-order valence-corrected chi connectivity index (χ1v) is 13.0. The molecule has 2 aromatic carbocycles. The van der Waals surface area contributed by atoms with Gasteiger partial charge in [0.15, 0.2) is 26.5 Å². The maximum Gasteiger partial charge on any atom is 0.164 e. The molecule has 0 bridgehead atoms. The molecule has 0 amide bonds. The van der Waals surface area contributed by atoms with E-state index >= 15 is 0 Å². The number of halogens is 2. The molecule has 0 N–H and O–H groups in total. The van der Waals surface area contributed by atoms with Crippen LogP contribution in [0.3, 0.4) is 0 Å². The Morgan fingerprint density at radius 2 is 1.80 bits per heavy atom. The zero-order valence-corrected chi connectivity index (χ0v) is 18.9. The van der Waals surface area contributed by atoms with E-state index in [2.05, 4.69) is 0 Å². The third kappa shape index (κ3) is 3.75. The van der Waals surface area contributed by atoms with E-state index in [1.807, 2.05) is 29.2 Å². The molecular formula is C20H18Cl2N2O4S2. The van der Waals surface area contributed by atoms with Gasteiger partial charge in [-0.3, -0.25) is 4.99 Å². The zero-order valence-electron chi connectivity index (χ0n) is 15.8. The van der Waals surface area contributed by atoms with E-state index in [1.165, 1.54) is 11.8 Å². The molecule has 10 heteroatoms. The first kappa shape index (κ1) is 20.3. The van der Waals surface area contributed by atoms with Crippen LogP contribution in [0.5, 0.6) is 11.5 Å². The normalized spacial score (nSPS) is 23.9. The Labute approximate surface area is 189 Å². The number of amidine groups is 1. The van der Waals surface area contributed by atoms with E-state index in [9.17, 15) is 8.42 Å². The summed E-state index contributed by atoms with van der Waals surface area (Å²) in [4.78, 5) is 6.76. The van der Waals surface area contributed by atoms with Crippen LogP contribution in [0.2, 0.25) is 10.0 Å². The summed E-state index contributed by atoms with van der Waals surface area (Å²) in [6.45, 7) is 0.998. The van der Waals surface area contributed by atoms with Gasteiger partial charge in [0, 0.05) is 27.6 Å². The first-order chi connectivity index (χ1) is 14.4. The fourth-order valence-corrected chi connectivity index (χ4v) is 7.63. The first-order valence-electron chi connectivity index (χ1n) is 9.44. The summed E-state index contributed by atoms with van der Waals surface area (Å²) in [6, 6.07) is 10.6. The van der Waals surface area contributed by atoms with Crippen LogP contribution in [-0.4, -0.2) is 50.4 Å². The number of sulfone groups is 1. The predicted octanol–water partition coefficient (Wildman–Crippen LogP) is 4.04. The summed E-state index contributed by atoms with van der Waals surface area (Å²) in [5, 5.41) is 1.96. The lowest BCUT2D eigenvalue weighted by Gasteiger charge is -2.28. The van der Waals surface area contributed by atoms with Gasteiger partial charge in [-0.1, -0.05) is 41.0 Å². The van der Waals surface area contributed by atoms with Gasteiger partial charge >= 0.3 is 0 Å². The Bertz CT molecular complexity index is 1120. The second-order valence-electron chi connectivity index (χ2n) is 7.31. The molecule has 2 aromatic rings. The van der Waals surface area contributed by atoms with Crippen LogP contribution >= 0.6 is 35.0 Å². The van der Waals surface area contributed by atoms with Crippen LogP contribution in [0.25, 0.3) is 0 Å². The molecule has 0 unspecified atom stereocenters. The van der Waals surface area contributed by atoms with Gasteiger partial charge in [-0.15, -0.1) is 0 Å². The average molecular weight is 485 g/mol. The zero-order chi connectivity index (χ0) is 20.9. The molecule has 1 saturated heterocycles. The standard InChI is InChI=1S/C20H18Cl2N2O4S2/c21-14-2-1-3-15(22)13(14)9-29-20-23-16-10-30(25,26)11-17(16)24(20)12-4-5-18-19(8-12)28-7-6-27-18/h1-5,8,16-17H,6-7,9-11H2/t16-,17-/m0/s1. The molecule has 5 rings (SSSR count). The highest BCUT2D eigenvalue weighted by Gasteiger charge is 2.47. The number of fused-ring (bicyclic) bond motifs is 2. The minimum Gasteiger partial charge on any atom is -0.486 e. The molecule has 1 fully saturated rings. The second kappa shape index (κ2) is 7.82. The SMILES string of the molecule is O=S1(=O)C[C@@H]2N=C(SCc3c(Cl)cccc3Cl)N(c3ccc4c(c3)OCCO4)[C@H]2C1. The number of ether oxygens (including phenoxy) is 2. The van der Waals surface area contributed by atoms with Crippen molar-refractivity contribution in [2.45, 2.75) is 17.8 Å². The van der Waals surface area contributed by atoms with Crippen molar-refractivity contribution in [1.29, 1.82) is 0 Å². The number of benzene rings is 2. The molecule has 0 radical (unpaired) electrons. The molecule has 0 aromatic heterocycles. The highest BCUT2D eigenvalue weighted by molar-refractivity contribution is 8.13. The Kier molecular flexibility index (Phi) is 5.29. The summed E-state index contributed by atoms with van der Waals surface area (Å²) in [5.41, 5.74) is 1.67. The molecule has 6 nitrogen and oxygen atoms in total. The summed E-state index contributed by atoms with van der Waals surface area (Å²) in [5.74, 6) is 2.02. The van der Waals surface area contributed by atoms with Crippen molar-refractivity contribution in [3.8, 4) is 11.5 Å². The molecule has 158 valence electrons. The predicted molar refractivity (Wildman–Crippen MR) is 121 cm³/mol. The summed E-state index contributed by atoms with van der Waals surface area (Å²) in [6.07, 6.45) is 0. The quantitative estimate of drug-likeness (QED) is 0.654. The van der Waals surface area contributed by atoms with Gasteiger partial charge in [-0.05, 0) is 29.8 Å². The van der Waals surface area contributed by atoms with Crippen molar-refractivity contribution in [2.24, 2.45) is 4.99 Å². The van der Waals surface area contributed by atoms with Crippen molar-refractivity contribution < 1.29 is 17.9 Å². The topological polar surface area (TPSA) is 68.2 Å². The van der Waals surface area contributed by atoms with E-state index in [-0.39, 0.29) is 23.6 Å². The summed E-state index contributed by atoms with van der Waals surface area (Å²) < 4.78 is 35.8. The molecule has 30 heavy (non-hydrogen) atoms. The minimum absolute atomic E-state index is 0.0651. The van der Waals surface area contributed by atoms with Crippen LogP contribution in [0.1, 0.15) is 5.56 Å². The van der Waals surface area contributed by atoms with Gasteiger partial charge in [0.25, 0.3) is 0 Å². The van der Waals surface area contributed by atoms with Crippen LogP contribution < -0.4 is 14.4 Å². The number of hydrogen-bond donors (Lipinski definition) is 0. The third-order valence-electron chi connectivity index (χ3n) is 5.32. The average Bonchev–Trinajstić information content (AvgIpc) is 3.18. The Balaban J connectivity index is 1.47. The lowest BCUT2D eigenvalue weighted by molar-refractivity contribution is 0.171. The van der Waals surface area contributed by atoms with Crippen LogP contribution in [-0.2, 0) is 15.6 Å². The van der Waals surface area contributed by atoms with E-state index in [4.69, 9.17) is 37.7 Å². The lowest BCUT2D eigenvalue weighted by atomic mass is 10.1. The smallest absolute Gasteiger partial charge is 0.164 e. The lowest BCUT2D eigenvalue weighted by Crippen LogP contribution is -2.39. The van der Waals surface area contributed by atoms with Crippen molar-refractivity contribution in [1.82, 2.24) is 0 Å². The fourth-order valence-electron chi connectivity index (χ4n) is 3.92. The molecule has 2 atom stereocenters. The van der Waals surface area contributed by atoms with Gasteiger partial charge in [-0.2, -0.15) is 0 Å². The van der Waals surface area contributed by atoms with Gasteiger partial charge in [0.2, 0.25) is 0 Å². The van der Waals surface area contributed by atoms with Crippen molar-refractivity contribution in [2.75, 3.05) is 29.6 Å². The number of anilines is 1. The maximum atomic E-state index is 12.2. The molecule has 3 aliphatic rings. The third-order valence-corrected chi connectivity index (χ3v) is 8.72. The minimum atomic E-state index is -3.12. The number of rotatable bonds is 3. The molecule has 0 spiro atoms. The fraction of sp³-hybridized carbons (Fsp3) is 0.350. The Hall–Kier alpha value is -1.61. The number of aliphatic imine (C=N–C) groups is 1. The van der Waals surface area contributed by atoms with Crippen LogP contribution in [0.15, 0.2) is 41.4 Å². The molecule has 3 aliphatic heterocycles.